The molecule has 1 fully saturated rings. The number of hydrogen-bond acceptors (Lipinski definition) is 7. The Morgan fingerprint density at radius 2 is 1.74 bits per heavy atom. The number of aryl methyl sites for hydroxylation is 1. The number of rotatable bonds is 3. The van der Waals surface area contributed by atoms with E-state index < -0.39 is 37.3 Å². The number of pyridine rings is 1. The summed E-state index contributed by atoms with van der Waals surface area (Å²) in [7, 11) is 0. The van der Waals surface area contributed by atoms with E-state index in [-0.39, 0.29) is 10.2 Å². The normalized spacial score (nSPS) is 26.0. The molecule has 2 aromatic carbocycles. The summed E-state index contributed by atoms with van der Waals surface area (Å²) in [6.07, 6.45) is -6.76. The van der Waals surface area contributed by atoms with Crippen molar-refractivity contribution < 1.29 is 25.2 Å². The molecule has 0 amide bonds. The number of nitrogens with zero attached hydrogens (tertiary/aromatic N) is 2. The van der Waals surface area contributed by atoms with E-state index in [1.165, 1.54) is 4.57 Å². The van der Waals surface area contributed by atoms with Crippen LogP contribution < -0.4 is 0 Å². The van der Waals surface area contributed by atoms with Crippen LogP contribution in [0.1, 0.15) is 17.5 Å². The Balaban J connectivity index is 1.91. The lowest BCUT2D eigenvalue weighted by molar-refractivity contribution is -0.252. The predicted molar refractivity (Wildman–Crippen MR) is 117 cm³/mol. The molecule has 1 aliphatic heterocycles. The van der Waals surface area contributed by atoms with E-state index in [4.69, 9.17) is 17.0 Å². The fourth-order valence-corrected chi connectivity index (χ4v) is 4.54. The van der Waals surface area contributed by atoms with Gasteiger partial charge in [0.1, 0.15) is 35.1 Å². The lowest BCUT2D eigenvalue weighted by Crippen LogP contribution is -2.56. The first-order valence-corrected chi connectivity index (χ1v) is 10.2. The first kappa shape index (κ1) is 21.6. The maximum atomic E-state index is 10.5. The molecule has 0 spiro atoms. The van der Waals surface area contributed by atoms with Crippen LogP contribution in [0.15, 0.2) is 48.5 Å². The molecule has 7 nitrogen and oxygen atoms in total. The molecule has 2 heterocycles. The number of aromatic nitrogens is 1. The quantitative estimate of drug-likeness (QED) is 0.463. The molecule has 0 bridgehead atoms. The summed E-state index contributed by atoms with van der Waals surface area (Å²) in [6.45, 7) is 1.21. The number of benzene rings is 2. The van der Waals surface area contributed by atoms with Crippen molar-refractivity contribution >= 4 is 23.0 Å². The average Bonchev–Trinajstić information content (AvgIpc) is 2.78. The van der Waals surface area contributed by atoms with Gasteiger partial charge in [-0.05, 0) is 29.3 Å². The standard InChI is InChI=1S/C23H22N2O5S/c1-12-9-16(15-8-4-6-13-5-2-3-7-14(13)15)17(10-24)23(31)25(12)22-21(29)20(28)19(27)18(11-26)30-22/h2-9,18-22,26-29H,11H2,1H3/t18-,19+,20+,21-,22-/m0/s1. The maximum Gasteiger partial charge on any atom is 0.164 e. The smallest absolute Gasteiger partial charge is 0.164 e. The van der Waals surface area contributed by atoms with Crippen LogP contribution >= 0.6 is 12.2 Å². The van der Waals surface area contributed by atoms with Gasteiger partial charge in [-0.1, -0.05) is 54.7 Å². The summed E-state index contributed by atoms with van der Waals surface area (Å²) in [6, 6.07) is 17.6. The zero-order valence-corrected chi connectivity index (χ0v) is 17.5. The number of ether oxygens (including phenoxy) is 1. The highest BCUT2D eigenvalue weighted by Crippen LogP contribution is 2.35. The zero-order chi connectivity index (χ0) is 22.3. The van der Waals surface area contributed by atoms with Crippen LogP contribution in [-0.2, 0) is 4.74 Å². The predicted octanol–water partition coefficient (Wildman–Crippen LogP) is 2.19. The first-order valence-electron chi connectivity index (χ1n) is 9.84. The molecule has 3 aromatic rings. The summed E-state index contributed by atoms with van der Waals surface area (Å²) in [5, 5.41) is 52.2. The maximum absolute atomic E-state index is 10.5. The third kappa shape index (κ3) is 3.55. The zero-order valence-electron chi connectivity index (χ0n) is 16.7. The van der Waals surface area contributed by atoms with Crippen LogP contribution in [0.2, 0.25) is 0 Å². The summed E-state index contributed by atoms with van der Waals surface area (Å²) >= 11 is 5.61. The second-order valence-corrected chi connectivity index (χ2v) is 7.99. The van der Waals surface area contributed by atoms with Gasteiger partial charge in [0.25, 0.3) is 0 Å². The topological polar surface area (TPSA) is 119 Å². The number of nitriles is 1. The molecule has 0 unspecified atom stereocenters. The van der Waals surface area contributed by atoms with Crippen molar-refractivity contribution in [1.29, 1.82) is 5.26 Å². The van der Waals surface area contributed by atoms with Crippen LogP contribution in [0.4, 0.5) is 0 Å². The van der Waals surface area contributed by atoms with E-state index in [2.05, 4.69) is 6.07 Å². The summed E-state index contributed by atoms with van der Waals surface area (Å²) in [4.78, 5) is 0. The van der Waals surface area contributed by atoms with E-state index in [1.807, 2.05) is 42.5 Å². The van der Waals surface area contributed by atoms with Gasteiger partial charge in [-0.2, -0.15) is 5.26 Å². The molecule has 5 atom stereocenters. The van der Waals surface area contributed by atoms with Gasteiger partial charge in [-0.3, -0.25) is 0 Å². The minimum atomic E-state index is -1.54. The van der Waals surface area contributed by atoms with Crippen LogP contribution in [0, 0.1) is 22.9 Å². The van der Waals surface area contributed by atoms with E-state index >= 15 is 0 Å². The van der Waals surface area contributed by atoms with Gasteiger partial charge in [-0.15, -0.1) is 0 Å². The lowest BCUT2D eigenvalue weighted by Gasteiger charge is -2.41. The summed E-state index contributed by atoms with van der Waals surface area (Å²) < 4.78 is 7.25. The molecule has 0 radical (unpaired) electrons. The Morgan fingerprint density at radius 1 is 1.03 bits per heavy atom. The Bertz CT molecular complexity index is 1230. The molecule has 4 rings (SSSR count). The Hall–Kier alpha value is -2.64. The number of aliphatic hydroxyl groups is 4. The van der Waals surface area contributed by atoms with E-state index in [0.717, 1.165) is 16.3 Å². The van der Waals surface area contributed by atoms with Crippen molar-refractivity contribution in [3.05, 3.63) is 64.4 Å². The second kappa shape index (κ2) is 8.48. The molecule has 31 heavy (non-hydrogen) atoms. The fraction of sp³-hybridized carbons (Fsp3) is 0.304. The summed E-state index contributed by atoms with van der Waals surface area (Å²) in [5.41, 5.74) is 2.33. The van der Waals surface area contributed by atoms with Crippen molar-refractivity contribution in [2.45, 2.75) is 37.6 Å². The van der Waals surface area contributed by atoms with E-state index in [9.17, 15) is 25.7 Å². The highest BCUT2D eigenvalue weighted by Gasteiger charge is 2.44. The number of hydrogen-bond donors (Lipinski definition) is 4. The van der Waals surface area contributed by atoms with Crippen LogP contribution in [0.25, 0.3) is 21.9 Å². The fourth-order valence-electron chi connectivity index (χ4n) is 4.14. The Kier molecular flexibility index (Phi) is 5.90. The molecule has 0 saturated carbocycles. The summed E-state index contributed by atoms with van der Waals surface area (Å²) in [5.74, 6) is 0. The molecule has 160 valence electrons. The largest absolute Gasteiger partial charge is 0.394 e. The second-order valence-electron chi connectivity index (χ2n) is 7.61. The van der Waals surface area contributed by atoms with Gasteiger partial charge in [0.2, 0.25) is 0 Å². The lowest BCUT2D eigenvalue weighted by atomic mass is 9.94. The van der Waals surface area contributed by atoms with Crippen molar-refractivity contribution in [2.24, 2.45) is 0 Å². The van der Waals surface area contributed by atoms with Crippen molar-refractivity contribution in [2.75, 3.05) is 6.61 Å². The monoisotopic (exact) mass is 438 g/mol. The molecule has 0 aliphatic carbocycles. The van der Waals surface area contributed by atoms with Crippen molar-refractivity contribution in [3.63, 3.8) is 0 Å². The Labute approximate surface area is 184 Å². The minimum Gasteiger partial charge on any atom is -0.394 e. The first-order chi connectivity index (χ1) is 14.9. The highest BCUT2D eigenvalue weighted by molar-refractivity contribution is 7.71. The van der Waals surface area contributed by atoms with Gasteiger partial charge in [0.15, 0.2) is 6.23 Å². The van der Waals surface area contributed by atoms with Gasteiger partial charge in [0, 0.05) is 11.3 Å². The number of aliphatic hydroxyl groups excluding tert-OH is 4. The van der Waals surface area contributed by atoms with Gasteiger partial charge >= 0.3 is 0 Å². The molecular formula is C23H22N2O5S. The van der Waals surface area contributed by atoms with Crippen LogP contribution in [0.5, 0.6) is 0 Å². The minimum absolute atomic E-state index is 0.134. The molecule has 1 aliphatic rings. The third-order valence-electron chi connectivity index (χ3n) is 5.75. The molecular weight excluding hydrogens is 416 g/mol. The highest BCUT2D eigenvalue weighted by atomic mass is 32.1. The van der Waals surface area contributed by atoms with Crippen LogP contribution in [0.3, 0.4) is 0 Å². The molecule has 4 N–H and O–H groups in total. The molecule has 1 saturated heterocycles. The number of fused-ring (bicyclic) bond motifs is 1. The van der Waals surface area contributed by atoms with E-state index in [0.29, 0.717) is 11.3 Å². The SMILES string of the molecule is Cc1cc(-c2cccc3ccccc23)c(C#N)c(=S)n1[C@H]1O[C@@H](CO)[C@@H](O)[C@@H](O)[C@@H]1O. The average molecular weight is 439 g/mol. The van der Waals surface area contributed by atoms with Gasteiger partial charge in [0.05, 0.1) is 12.2 Å². The third-order valence-corrected chi connectivity index (χ3v) is 6.15. The van der Waals surface area contributed by atoms with Gasteiger partial charge < -0.3 is 29.7 Å². The van der Waals surface area contributed by atoms with Crippen molar-refractivity contribution in [3.8, 4) is 17.2 Å². The molecule has 8 heteroatoms. The molecule has 1 aromatic heterocycles. The van der Waals surface area contributed by atoms with Gasteiger partial charge in [-0.25, -0.2) is 0 Å². The van der Waals surface area contributed by atoms with Crippen molar-refractivity contribution in [1.82, 2.24) is 4.57 Å². The van der Waals surface area contributed by atoms with E-state index in [1.54, 1.807) is 13.0 Å². The van der Waals surface area contributed by atoms with Crippen LogP contribution in [-0.4, -0.2) is 56.0 Å². The Morgan fingerprint density at radius 3 is 2.45 bits per heavy atom.